The van der Waals surface area contributed by atoms with Crippen molar-refractivity contribution in [3.8, 4) is 0 Å². The first-order chi connectivity index (χ1) is 7.59. The fraction of sp³-hybridized carbons (Fsp3) is 0.923. The van der Waals surface area contributed by atoms with E-state index in [4.69, 9.17) is 4.74 Å². The Morgan fingerprint density at radius 3 is 2.35 bits per heavy atom. The van der Waals surface area contributed by atoms with Crippen molar-refractivity contribution in [2.75, 3.05) is 7.05 Å². The zero-order valence-corrected chi connectivity index (χ0v) is 11.7. The van der Waals surface area contributed by atoms with E-state index in [2.05, 4.69) is 20.8 Å². The highest BCUT2D eigenvalue weighted by Crippen LogP contribution is 2.38. The number of hydrogen-bond acceptors (Lipinski definition) is 3. The van der Waals surface area contributed by atoms with Gasteiger partial charge in [0.2, 0.25) is 6.41 Å². The van der Waals surface area contributed by atoms with Crippen molar-refractivity contribution in [3.63, 3.8) is 0 Å². The molecule has 0 aromatic carbocycles. The number of carbonyl (C=O) groups excluding carboxylic acids is 1. The fourth-order valence-corrected chi connectivity index (χ4v) is 2.73. The molecule has 1 fully saturated rings. The monoisotopic (exact) mass is 243 g/mol. The van der Waals surface area contributed by atoms with Crippen LogP contribution < -0.4 is 0 Å². The molecule has 1 heterocycles. The Bertz CT molecular complexity index is 283. The van der Waals surface area contributed by atoms with Crippen LogP contribution in [0.3, 0.4) is 0 Å². The summed E-state index contributed by atoms with van der Waals surface area (Å²) in [5.41, 5.74) is -0.922. The van der Waals surface area contributed by atoms with Crippen molar-refractivity contribution in [2.24, 2.45) is 5.41 Å². The lowest BCUT2D eigenvalue weighted by molar-refractivity contribution is -0.201. The highest BCUT2D eigenvalue weighted by atomic mass is 16.5. The summed E-state index contributed by atoms with van der Waals surface area (Å²) in [4.78, 5) is 12.4. The SMILES string of the molecule is CC1OC(C(C)(C)C)CC(C)(O)C1N(C)C=O. The van der Waals surface area contributed by atoms with E-state index < -0.39 is 5.60 Å². The highest BCUT2D eigenvalue weighted by molar-refractivity contribution is 5.47. The number of ether oxygens (including phenoxy) is 1. The Morgan fingerprint density at radius 2 is 2.00 bits per heavy atom. The Hall–Kier alpha value is -0.610. The molecule has 1 aliphatic rings. The minimum atomic E-state index is -0.911. The van der Waals surface area contributed by atoms with Crippen LogP contribution in [-0.4, -0.2) is 47.3 Å². The Morgan fingerprint density at radius 1 is 1.47 bits per heavy atom. The van der Waals surface area contributed by atoms with E-state index in [9.17, 15) is 9.90 Å². The number of carbonyl (C=O) groups is 1. The van der Waals surface area contributed by atoms with Gasteiger partial charge in [-0.2, -0.15) is 0 Å². The number of hydrogen-bond donors (Lipinski definition) is 1. The summed E-state index contributed by atoms with van der Waals surface area (Å²) in [5, 5.41) is 10.6. The number of aliphatic hydroxyl groups is 1. The molecule has 0 radical (unpaired) electrons. The van der Waals surface area contributed by atoms with E-state index in [-0.39, 0.29) is 23.7 Å². The molecule has 4 atom stereocenters. The second kappa shape index (κ2) is 4.58. The van der Waals surface area contributed by atoms with Crippen molar-refractivity contribution in [3.05, 3.63) is 0 Å². The zero-order chi connectivity index (χ0) is 13.4. The second-order valence-electron chi connectivity index (χ2n) is 6.47. The van der Waals surface area contributed by atoms with Gasteiger partial charge in [0.15, 0.2) is 0 Å². The third-order valence-electron chi connectivity index (χ3n) is 3.63. The minimum Gasteiger partial charge on any atom is -0.388 e. The Balaban J connectivity index is 2.92. The fourth-order valence-electron chi connectivity index (χ4n) is 2.73. The summed E-state index contributed by atoms with van der Waals surface area (Å²) >= 11 is 0. The number of nitrogens with zero attached hydrogens (tertiary/aromatic N) is 1. The van der Waals surface area contributed by atoms with E-state index in [1.165, 1.54) is 4.90 Å². The van der Waals surface area contributed by atoms with Gasteiger partial charge >= 0.3 is 0 Å². The first kappa shape index (κ1) is 14.5. The zero-order valence-electron chi connectivity index (χ0n) is 11.7. The van der Waals surface area contributed by atoms with Gasteiger partial charge in [0.05, 0.1) is 23.9 Å². The van der Waals surface area contributed by atoms with Crippen LogP contribution in [-0.2, 0) is 9.53 Å². The van der Waals surface area contributed by atoms with Crippen LogP contribution in [0.15, 0.2) is 0 Å². The summed E-state index contributed by atoms with van der Waals surface area (Å²) < 4.78 is 5.96. The quantitative estimate of drug-likeness (QED) is 0.746. The van der Waals surface area contributed by atoms with Crippen LogP contribution in [0.2, 0.25) is 0 Å². The van der Waals surface area contributed by atoms with Gasteiger partial charge in [-0.3, -0.25) is 4.79 Å². The molecule has 1 N–H and O–H groups in total. The molecule has 4 heteroatoms. The number of amides is 1. The van der Waals surface area contributed by atoms with Crippen LogP contribution in [0.5, 0.6) is 0 Å². The molecule has 4 nitrogen and oxygen atoms in total. The van der Waals surface area contributed by atoms with E-state index in [1.807, 2.05) is 6.92 Å². The molecule has 1 saturated heterocycles. The molecule has 0 saturated carbocycles. The predicted octanol–water partition coefficient (Wildman–Crippen LogP) is 1.42. The summed E-state index contributed by atoms with van der Waals surface area (Å²) in [6.07, 6.45) is 1.13. The van der Waals surface area contributed by atoms with E-state index in [0.717, 1.165) is 6.41 Å². The van der Waals surface area contributed by atoms with Gasteiger partial charge in [0.1, 0.15) is 0 Å². The van der Waals surface area contributed by atoms with Gasteiger partial charge in [0.25, 0.3) is 0 Å². The normalized spacial score (nSPS) is 38.9. The Kier molecular flexibility index (Phi) is 3.89. The molecule has 0 aromatic rings. The second-order valence-corrected chi connectivity index (χ2v) is 6.47. The van der Waals surface area contributed by atoms with Gasteiger partial charge in [-0.25, -0.2) is 0 Å². The van der Waals surface area contributed by atoms with Crippen molar-refractivity contribution >= 4 is 6.41 Å². The maximum Gasteiger partial charge on any atom is 0.209 e. The molecule has 0 aromatic heterocycles. The standard InChI is InChI=1S/C13H25NO3/c1-9-11(14(6)8-15)13(5,16)7-10(17-9)12(2,3)4/h8-11,16H,7H2,1-6H3. The first-order valence-corrected chi connectivity index (χ1v) is 6.14. The van der Waals surface area contributed by atoms with Crippen molar-refractivity contribution in [2.45, 2.75) is 64.9 Å². The topological polar surface area (TPSA) is 49.8 Å². The summed E-state index contributed by atoms with van der Waals surface area (Å²) in [6.45, 7) is 10.0. The molecule has 1 amide bonds. The molecule has 0 spiro atoms. The van der Waals surface area contributed by atoms with E-state index >= 15 is 0 Å². The number of rotatable bonds is 2. The molecule has 1 rings (SSSR count). The van der Waals surface area contributed by atoms with Crippen LogP contribution in [0.1, 0.15) is 41.0 Å². The minimum absolute atomic E-state index is 0.00352. The smallest absolute Gasteiger partial charge is 0.209 e. The van der Waals surface area contributed by atoms with Crippen LogP contribution in [0.25, 0.3) is 0 Å². The van der Waals surface area contributed by atoms with Gasteiger partial charge in [-0.15, -0.1) is 0 Å². The van der Waals surface area contributed by atoms with E-state index in [0.29, 0.717) is 6.42 Å². The summed E-state index contributed by atoms with van der Waals surface area (Å²) in [7, 11) is 1.68. The molecule has 0 bridgehead atoms. The van der Waals surface area contributed by atoms with Gasteiger partial charge < -0.3 is 14.7 Å². The molecule has 0 aliphatic carbocycles. The summed E-state index contributed by atoms with van der Waals surface area (Å²) in [6, 6.07) is -0.293. The molecule has 100 valence electrons. The average molecular weight is 243 g/mol. The lowest BCUT2D eigenvalue weighted by Crippen LogP contribution is -2.62. The lowest BCUT2D eigenvalue weighted by Gasteiger charge is -2.50. The summed E-state index contributed by atoms with van der Waals surface area (Å²) in [5.74, 6) is 0. The molecule has 1 aliphatic heterocycles. The number of likely N-dealkylation sites (N-methyl/N-ethyl adjacent to an activating group) is 1. The van der Waals surface area contributed by atoms with Crippen molar-refractivity contribution < 1.29 is 14.6 Å². The third kappa shape index (κ3) is 2.99. The third-order valence-corrected chi connectivity index (χ3v) is 3.63. The van der Waals surface area contributed by atoms with Crippen LogP contribution in [0, 0.1) is 5.41 Å². The van der Waals surface area contributed by atoms with Crippen LogP contribution in [0.4, 0.5) is 0 Å². The predicted molar refractivity (Wildman–Crippen MR) is 66.6 cm³/mol. The lowest BCUT2D eigenvalue weighted by atomic mass is 9.75. The molecule has 4 unspecified atom stereocenters. The maximum atomic E-state index is 10.9. The van der Waals surface area contributed by atoms with Crippen molar-refractivity contribution in [1.82, 2.24) is 4.90 Å². The van der Waals surface area contributed by atoms with E-state index in [1.54, 1.807) is 14.0 Å². The highest BCUT2D eigenvalue weighted by Gasteiger charge is 2.48. The van der Waals surface area contributed by atoms with Crippen LogP contribution >= 0.6 is 0 Å². The molecular weight excluding hydrogens is 218 g/mol. The van der Waals surface area contributed by atoms with Crippen molar-refractivity contribution in [1.29, 1.82) is 0 Å². The van der Waals surface area contributed by atoms with Gasteiger partial charge in [-0.05, 0) is 19.3 Å². The molecular formula is C13H25NO3. The van der Waals surface area contributed by atoms with Gasteiger partial charge in [-0.1, -0.05) is 20.8 Å². The van der Waals surface area contributed by atoms with Gasteiger partial charge in [0, 0.05) is 13.5 Å². The first-order valence-electron chi connectivity index (χ1n) is 6.14. The maximum absolute atomic E-state index is 10.9. The largest absolute Gasteiger partial charge is 0.388 e. The average Bonchev–Trinajstić information content (AvgIpc) is 2.13. The molecule has 17 heavy (non-hydrogen) atoms. The Labute approximate surface area is 104 Å².